The lowest BCUT2D eigenvalue weighted by molar-refractivity contribution is 0.669. The monoisotopic (exact) mass is 236 g/mol. The van der Waals surface area contributed by atoms with Gasteiger partial charge in [0.15, 0.2) is 0 Å². The Bertz CT molecular complexity index is 464. The Kier molecular flexibility index (Phi) is 3.19. The van der Waals surface area contributed by atoms with Crippen molar-refractivity contribution < 1.29 is 0 Å². The fourth-order valence-electron chi connectivity index (χ4n) is 1.54. The molecule has 0 radical (unpaired) electrons. The minimum atomic E-state index is 0.307. The number of hydrogen-bond acceptors (Lipinski definition) is 3. The number of halogens is 1. The molecule has 0 aliphatic rings. The van der Waals surface area contributed by atoms with Crippen LogP contribution in [0.4, 0.5) is 0 Å². The molecule has 0 saturated carbocycles. The molecule has 0 N–H and O–H groups in total. The minimum Gasteiger partial charge on any atom is -0.297 e. The molecule has 0 aromatic carbocycles. The molecule has 0 unspecified atom stereocenters. The summed E-state index contributed by atoms with van der Waals surface area (Å²) in [5, 5.41) is 8.40. The van der Waals surface area contributed by atoms with Gasteiger partial charge in [0, 0.05) is 18.3 Å². The van der Waals surface area contributed by atoms with E-state index >= 15 is 0 Å². The quantitative estimate of drug-likeness (QED) is 0.823. The van der Waals surface area contributed by atoms with Crippen LogP contribution in [0.15, 0.2) is 24.5 Å². The molecular formula is C11H13ClN4. The smallest absolute Gasteiger partial charge is 0.225 e. The third-order valence-corrected chi connectivity index (χ3v) is 2.62. The van der Waals surface area contributed by atoms with Gasteiger partial charge in [-0.3, -0.25) is 9.55 Å². The second-order valence-electron chi connectivity index (χ2n) is 3.92. The van der Waals surface area contributed by atoms with Crippen LogP contribution in [0, 0.1) is 0 Å². The fraction of sp³-hybridized carbons (Fsp3) is 0.364. The summed E-state index contributed by atoms with van der Waals surface area (Å²) in [6, 6.07) is 3.92. The topological polar surface area (TPSA) is 43.6 Å². The first kappa shape index (κ1) is 11.1. The molecule has 2 aromatic heterocycles. The maximum atomic E-state index is 6.01. The number of hydrogen-bond donors (Lipinski definition) is 0. The molecular weight excluding hydrogens is 224 g/mol. The van der Waals surface area contributed by atoms with E-state index in [9.17, 15) is 0 Å². The number of rotatable bonds is 3. The molecule has 2 heterocycles. The molecule has 4 nitrogen and oxygen atoms in total. The van der Waals surface area contributed by atoms with Gasteiger partial charge in [0.05, 0.1) is 6.54 Å². The molecule has 0 fully saturated rings. The van der Waals surface area contributed by atoms with Gasteiger partial charge in [-0.1, -0.05) is 13.8 Å². The Balaban J connectivity index is 2.31. The first-order valence-electron chi connectivity index (χ1n) is 5.16. The molecule has 0 aliphatic heterocycles. The van der Waals surface area contributed by atoms with E-state index in [0.717, 1.165) is 11.4 Å². The predicted octanol–water partition coefficient (Wildman–Crippen LogP) is 2.50. The van der Waals surface area contributed by atoms with E-state index in [2.05, 4.69) is 29.0 Å². The Hall–Kier alpha value is -1.42. The Labute approximate surface area is 99.3 Å². The summed E-state index contributed by atoms with van der Waals surface area (Å²) in [6.07, 6.45) is 3.53. The van der Waals surface area contributed by atoms with Crippen molar-refractivity contribution in [2.45, 2.75) is 26.3 Å². The SMILES string of the molecule is CC(C)c1nnc(Cl)n1Cc1ccncc1. The molecule has 16 heavy (non-hydrogen) atoms. The van der Waals surface area contributed by atoms with E-state index in [1.165, 1.54) is 0 Å². The average molecular weight is 237 g/mol. The van der Waals surface area contributed by atoms with Gasteiger partial charge in [-0.15, -0.1) is 10.2 Å². The number of nitrogens with zero attached hydrogens (tertiary/aromatic N) is 4. The highest BCUT2D eigenvalue weighted by Crippen LogP contribution is 2.18. The first-order chi connectivity index (χ1) is 7.68. The summed E-state index contributed by atoms with van der Waals surface area (Å²) in [5.74, 6) is 1.21. The van der Waals surface area contributed by atoms with Crippen molar-refractivity contribution in [2.24, 2.45) is 0 Å². The lowest BCUT2D eigenvalue weighted by Crippen LogP contribution is -2.06. The zero-order chi connectivity index (χ0) is 11.5. The van der Waals surface area contributed by atoms with Gasteiger partial charge in [-0.2, -0.15) is 0 Å². The molecule has 0 saturated heterocycles. The van der Waals surface area contributed by atoms with Gasteiger partial charge in [0.2, 0.25) is 5.28 Å². The van der Waals surface area contributed by atoms with Gasteiger partial charge in [-0.05, 0) is 29.3 Å². The maximum absolute atomic E-state index is 6.01. The second-order valence-corrected chi connectivity index (χ2v) is 4.26. The standard InChI is InChI=1S/C11H13ClN4/c1-8(2)10-14-15-11(12)16(10)7-9-3-5-13-6-4-9/h3-6,8H,7H2,1-2H3. The Morgan fingerprint density at radius 1 is 1.25 bits per heavy atom. The molecule has 0 amide bonds. The van der Waals surface area contributed by atoms with Crippen LogP contribution in [0.25, 0.3) is 0 Å². The van der Waals surface area contributed by atoms with Crippen LogP contribution in [0.5, 0.6) is 0 Å². The van der Waals surface area contributed by atoms with Gasteiger partial charge in [0.25, 0.3) is 0 Å². The third kappa shape index (κ3) is 2.22. The minimum absolute atomic E-state index is 0.307. The van der Waals surface area contributed by atoms with E-state index in [1.807, 2.05) is 16.7 Å². The fourth-order valence-corrected chi connectivity index (χ4v) is 1.72. The van der Waals surface area contributed by atoms with E-state index in [0.29, 0.717) is 17.7 Å². The lowest BCUT2D eigenvalue weighted by atomic mass is 10.2. The summed E-state index contributed by atoms with van der Waals surface area (Å²) >= 11 is 6.01. The Morgan fingerprint density at radius 2 is 1.94 bits per heavy atom. The third-order valence-electron chi connectivity index (χ3n) is 2.34. The average Bonchev–Trinajstić information content (AvgIpc) is 2.62. The Morgan fingerprint density at radius 3 is 2.56 bits per heavy atom. The van der Waals surface area contributed by atoms with E-state index in [1.54, 1.807) is 12.4 Å². The highest BCUT2D eigenvalue weighted by molar-refractivity contribution is 6.28. The molecule has 5 heteroatoms. The van der Waals surface area contributed by atoms with Gasteiger partial charge in [-0.25, -0.2) is 0 Å². The zero-order valence-electron chi connectivity index (χ0n) is 9.26. The number of pyridine rings is 1. The van der Waals surface area contributed by atoms with Crippen LogP contribution < -0.4 is 0 Å². The second kappa shape index (κ2) is 4.61. The van der Waals surface area contributed by atoms with Gasteiger partial charge in [0.1, 0.15) is 5.82 Å². The maximum Gasteiger partial charge on any atom is 0.225 e. The predicted molar refractivity (Wildman–Crippen MR) is 62.5 cm³/mol. The van der Waals surface area contributed by atoms with E-state index in [4.69, 9.17) is 11.6 Å². The van der Waals surface area contributed by atoms with E-state index in [-0.39, 0.29) is 0 Å². The normalized spacial score (nSPS) is 11.0. The van der Waals surface area contributed by atoms with Crippen LogP contribution in [0.2, 0.25) is 5.28 Å². The van der Waals surface area contributed by atoms with Crippen molar-refractivity contribution in [3.63, 3.8) is 0 Å². The molecule has 0 spiro atoms. The van der Waals surface area contributed by atoms with Crippen molar-refractivity contribution >= 4 is 11.6 Å². The van der Waals surface area contributed by atoms with Crippen LogP contribution >= 0.6 is 11.6 Å². The van der Waals surface area contributed by atoms with Crippen LogP contribution in [-0.2, 0) is 6.54 Å². The highest BCUT2D eigenvalue weighted by Gasteiger charge is 2.13. The summed E-state index contributed by atoms with van der Waals surface area (Å²) in [5.41, 5.74) is 1.14. The first-order valence-corrected chi connectivity index (χ1v) is 5.53. The molecule has 0 bridgehead atoms. The van der Waals surface area contributed by atoms with Crippen LogP contribution in [0.1, 0.15) is 31.2 Å². The van der Waals surface area contributed by atoms with Crippen LogP contribution in [-0.4, -0.2) is 19.7 Å². The van der Waals surface area contributed by atoms with Crippen molar-refractivity contribution in [1.29, 1.82) is 0 Å². The van der Waals surface area contributed by atoms with Crippen molar-refractivity contribution in [3.05, 3.63) is 41.2 Å². The summed E-state index contributed by atoms with van der Waals surface area (Å²) in [6.45, 7) is 4.83. The highest BCUT2D eigenvalue weighted by atomic mass is 35.5. The summed E-state index contributed by atoms with van der Waals surface area (Å²) < 4.78 is 1.92. The number of aromatic nitrogens is 4. The largest absolute Gasteiger partial charge is 0.297 e. The van der Waals surface area contributed by atoms with Gasteiger partial charge < -0.3 is 0 Å². The van der Waals surface area contributed by atoms with Crippen molar-refractivity contribution in [2.75, 3.05) is 0 Å². The molecule has 84 valence electrons. The molecule has 0 aliphatic carbocycles. The summed E-state index contributed by atoms with van der Waals surface area (Å²) in [7, 11) is 0. The zero-order valence-corrected chi connectivity index (χ0v) is 10.0. The summed E-state index contributed by atoms with van der Waals surface area (Å²) in [4.78, 5) is 3.98. The van der Waals surface area contributed by atoms with Crippen LogP contribution in [0.3, 0.4) is 0 Å². The molecule has 2 rings (SSSR count). The van der Waals surface area contributed by atoms with E-state index < -0.39 is 0 Å². The molecule has 0 atom stereocenters. The van der Waals surface area contributed by atoms with Gasteiger partial charge >= 0.3 is 0 Å². The van der Waals surface area contributed by atoms with Crippen molar-refractivity contribution in [1.82, 2.24) is 19.7 Å². The molecule has 2 aromatic rings. The van der Waals surface area contributed by atoms with Crippen molar-refractivity contribution in [3.8, 4) is 0 Å². The lowest BCUT2D eigenvalue weighted by Gasteiger charge is -2.09.